The van der Waals surface area contributed by atoms with Crippen LogP contribution in [-0.4, -0.2) is 48.8 Å². The van der Waals surface area contributed by atoms with Crippen LogP contribution in [0.25, 0.3) is 6.08 Å². The van der Waals surface area contributed by atoms with Crippen molar-refractivity contribution < 1.29 is 27.7 Å². The van der Waals surface area contributed by atoms with E-state index in [-0.39, 0.29) is 12.3 Å². The number of hydrogen-bond donors (Lipinski definition) is 0. The molecule has 0 bridgehead atoms. The molecule has 28 heavy (non-hydrogen) atoms. The fourth-order valence-corrected chi connectivity index (χ4v) is 4.54. The molecule has 0 saturated carbocycles. The smallest absolute Gasteiger partial charge is 0.496 e. The van der Waals surface area contributed by atoms with Crippen LogP contribution in [0.1, 0.15) is 37.3 Å². The van der Waals surface area contributed by atoms with Crippen LogP contribution in [0.5, 0.6) is 5.75 Å². The van der Waals surface area contributed by atoms with E-state index in [0.717, 1.165) is 19.3 Å². The lowest BCUT2D eigenvalue weighted by molar-refractivity contribution is -0.386. The number of ether oxygens (including phenoxy) is 2. The molecular weight excluding hydrogens is 382 g/mol. The van der Waals surface area contributed by atoms with Gasteiger partial charge in [-0.15, -0.1) is 0 Å². The van der Waals surface area contributed by atoms with E-state index in [2.05, 4.69) is 0 Å². The molecule has 0 aliphatic heterocycles. The Bertz CT molecular complexity index is 639. The summed E-state index contributed by atoms with van der Waals surface area (Å²) >= 11 is 0. The maximum absolute atomic E-state index is 11.4. The van der Waals surface area contributed by atoms with Gasteiger partial charge in [0.25, 0.3) is 5.69 Å². The Morgan fingerprint density at radius 3 is 2.32 bits per heavy atom. The number of nitro groups is 1. The van der Waals surface area contributed by atoms with E-state index in [1.165, 1.54) is 6.07 Å². The normalized spacial score (nSPS) is 11.9. The Morgan fingerprint density at radius 1 is 1.11 bits per heavy atom. The molecule has 0 unspecified atom stereocenters. The molecule has 0 fully saturated rings. The van der Waals surface area contributed by atoms with E-state index in [1.807, 2.05) is 19.1 Å². The lowest BCUT2D eigenvalue weighted by atomic mass is 10.1. The predicted molar refractivity (Wildman–Crippen MR) is 109 cm³/mol. The zero-order valence-electron chi connectivity index (χ0n) is 17.4. The molecular formula is C19H31NO7Si. The van der Waals surface area contributed by atoms with Gasteiger partial charge in [0.1, 0.15) is 5.75 Å². The summed E-state index contributed by atoms with van der Waals surface area (Å²) in [5.41, 5.74) is 1.20. The van der Waals surface area contributed by atoms with E-state index >= 15 is 0 Å². The number of unbranched alkanes of at least 4 members (excludes halogenated alkanes) is 1. The Hall–Kier alpha value is -1.78. The standard InChI is InChI=1S/C19H31NO7Si/c1-6-7-10-16-13-18(20(21)22)17(14-19(16)23-2)15-27-11-8-9-12-28(24-3,25-4)26-5/h7,10,13-14H,6,8-9,11-12,15H2,1-5H3/b10-7+. The third-order valence-corrected chi connectivity index (χ3v) is 7.20. The van der Waals surface area contributed by atoms with Crippen LogP contribution in [0.15, 0.2) is 18.2 Å². The SMILES string of the molecule is CC/C=C/c1cc([N+](=O)[O-])c(COCCCC[Si](OC)(OC)OC)cc1OC. The first kappa shape index (κ1) is 24.3. The summed E-state index contributed by atoms with van der Waals surface area (Å²) in [6, 6.07) is 3.89. The molecule has 0 radical (unpaired) electrons. The number of nitro benzene ring substituents is 1. The van der Waals surface area contributed by atoms with E-state index in [1.54, 1.807) is 34.5 Å². The average Bonchev–Trinajstić information content (AvgIpc) is 2.72. The number of methoxy groups -OCH3 is 1. The van der Waals surface area contributed by atoms with Crippen molar-refractivity contribution in [1.29, 1.82) is 0 Å². The zero-order valence-corrected chi connectivity index (χ0v) is 18.4. The molecule has 0 atom stereocenters. The highest BCUT2D eigenvalue weighted by Crippen LogP contribution is 2.30. The van der Waals surface area contributed by atoms with Gasteiger partial charge in [0, 0.05) is 45.6 Å². The molecule has 0 N–H and O–H groups in total. The van der Waals surface area contributed by atoms with Gasteiger partial charge in [0.2, 0.25) is 0 Å². The average molecular weight is 414 g/mol. The summed E-state index contributed by atoms with van der Waals surface area (Å²) in [5.74, 6) is 0.588. The summed E-state index contributed by atoms with van der Waals surface area (Å²) in [7, 11) is 3.74. The zero-order chi connectivity index (χ0) is 21.0. The van der Waals surface area contributed by atoms with Crippen molar-refractivity contribution in [1.82, 2.24) is 0 Å². The van der Waals surface area contributed by atoms with E-state index in [9.17, 15) is 10.1 Å². The molecule has 9 heteroatoms. The summed E-state index contributed by atoms with van der Waals surface area (Å²) in [4.78, 5) is 11.0. The minimum absolute atomic E-state index is 0.0288. The highest BCUT2D eigenvalue weighted by Gasteiger charge is 2.36. The van der Waals surface area contributed by atoms with E-state index in [0.29, 0.717) is 29.5 Å². The first-order chi connectivity index (χ1) is 13.5. The molecule has 1 rings (SSSR count). The first-order valence-corrected chi connectivity index (χ1v) is 11.1. The van der Waals surface area contributed by atoms with Gasteiger partial charge in [-0.25, -0.2) is 0 Å². The van der Waals surface area contributed by atoms with Gasteiger partial charge in [-0.3, -0.25) is 10.1 Å². The molecule has 0 aromatic heterocycles. The summed E-state index contributed by atoms with van der Waals surface area (Å²) in [5, 5.41) is 11.4. The van der Waals surface area contributed by atoms with Crippen molar-refractivity contribution in [3.8, 4) is 5.75 Å². The van der Waals surface area contributed by atoms with Crippen molar-refractivity contribution in [3.63, 3.8) is 0 Å². The fraction of sp³-hybridized carbons (Fsp3) is 0.579. The minimum Gasteiger partial charge on any atom is -0.496 e. The molecule has 0 aliphatic rings. The maximum Gasteiger partial charge on any atom is 0.500 e. The highest BCUT2D eigenvalue weighted by molar-refractivity contribution is 6.60. The molecule has 0 spiro atoms. The van der Waals surface area contributed by atoms with Crippen LogP contribution >= 0.6 is 0 Å². The van der Waals surface area contributed by atoms with Gasteiger partial charge in [-0.2, -0.15) is 0 Å². The van der Waals surface area contributed by atoms with Gasteiger partial charge >= 0.3 is 8.80 Å². The second kappa shape index (κ2) is 12.6. The first-order valence-electron chi connectivity index (χ1n) is 9.21. The van der Waals surface area contributed by atoms with E-state index < -0.39 is 13.7 Å². The summed E-state index contributed by atoms with van der Waals surface area (Å²) < 4.78 is 27.2. The van der Waals surface area contributed by atoms with Gasteiger partial charge in [-0.1, -0.05) is 19.1 Å². The van der Waals surface area contributed by atoms with Gasteiger partial charge in [-0.05, 0) is 25.3 Å². The van der Waals surface area contributed by atoms with Gasteiger partial charge in [0.05, 0.1) is 24.2 Å². The predicted octanol–water partition coefficient (Wildman–Crippen LogP) is 4.20. The molecule has 0 amide bonds. The van der Waals surface area contributed by atoms with Crippen LogP contribution in [-0.2, 0) is 24.6 Å². The van der Waals surface area contributed by atoms with Crippen LogP contribution in [0, 0.1) is 10.1 Å². The van der Waals surface area contributed by atoms with Crippen molar-refractivity contribution in [3.05, 3.63) is 39.4 Å². The number of nitrogens with zero attached hydrogens (tertiary/aromatic N) is 1. The van der Waals surface area contributed by atoms with Crippen LogP contribution in [0.4, 0.5) is 5.69 Å². The number of allylic oxidation sites excluding steroid dienone is 1. The molecule has 0 saturated heterocycles. The van der Waals surface area contributed by atoms with E-state index in [4.69, 9.17) is 22.8 Å². The Kier molecular flexibility index (Phi) is 10.9. The lowest BCUT2D eigenvalue weighted by Gasteiger charge is -2.24. The highest BCUT2D eigenvalue weighted by atomic mass is 28.4. The maximum atomic E-state index is 11.4. The second-order valence-electron chi connectivity index (χ2n) is 6.10. The molecule has 158 valence electrons. The third-order valence-electron chi connectivity index (χ3n) is 4.37. The van der Waals surface area contributed by atoms with Crippen LogP contribution < -0.4 is 4.74 Å². The Morgan fingerprint density at radius 2 is 1.79 bits per heavy atom. The third kappa shape index (κ3) is 6.99. The van der Waals surface area contributed by atoms with Crippen molar-refractivity contribution in [2.75, 3.05) is 35.0 Å². The summed E-state index contributed by atoms with van der Waals surface area (Å²) in [6.45, 7) is 2.61. The monoisotopic (exact) mass is 413 g/mol. The quantitative estimate of drug-likeness (QED) is 0.195. The number of rotatable bonds is 14. The molecule has 8 nitrogen and oxygen atoms in total. The van der Waals surface area contributed by atoms with Crippen molar-refractivity contribution >= 4 is 20.6 Å². The minimum atomic E-state index is -2.56. The number of hydrogen-bond acceptors (Lipinski definition) is 7. The lowest BCUT2D eigenvalue weighted by Crippen LogP contribution is -2.42. The molecule has 0 aliphatic carbocycles. The summed E-state index contributed by atoms with van der Waals surface area (Å²) in [6.07, 6.45) is 6.18. The van der Waals surface area contributed by atoms with Crippen LogP contribution in [0.3, 0.4) is 0 Å². The Labute approximate surface area is 167 Å². The van der Waals surface area contributed by atoms with Crippen molar-refractivity contribution in [2.45, 2.75) is 38.8 Å². The molecule has 1 aromatic carbocycles. The Balaban J connectivity index is 2.68. The second-order valence-corrected chi connectivity index (χ2v) is 9.19. The number of benzene rings is 1. The molecule has 1 aromatic rings. The van der Waals surface area contributed by atoms with Crippen molar-refractivity contribution in [2.24, 2.45) is 0 Å². The van der Waals surface area contributed by atoms with Gasteiger partial charge < -0.3 is 22.8 Å². The topological polar surface area (TPSA) is 89.3 Å². The largest absolute Gasteiger partial charge is 0.500 e. The molecule has 0 heterocycles. The fourth-order valence-electron chi connectivity index (χ4n) is 2.75. The van der Waals surface area contributed by atoms with Gasteiger partial charge in [0.15, 0.2) is 0 Å². The van der Waals surface area contributed by atoms with Crippen LogP contribution in [0.2, 0.25) is 6.04 Å².